The lowest BCUT2D eigenvalue weighted by Crippen LogP contribution is -2.25. The van der Waals surface area contributed by atoms with Crippen molar-refractivity contribution in [3.05, 3.63) is 29.8 Å². The number of hydrazine groups is 1. The van der Waals surface area contributed by atoms with Crippen LogP contribution in [0.1, 0.15) is 18.5 Å². The molecule has 0 fully saturated rings. The largest absolute Gasteiger partial charge is 0.508 e. The van der Waals surface area contributed by atoms with Gasteiger partial charge in [-0.1, -0.05) is 12.1 Å². The van der Waals surface area contributed by atoms with E-state index in [9.17, 15) is 0 Å². The van der Waals surface area contributed by atoms with Gasteiger partial charge >= 0.3 is 0 Å². The lowest BCUT2D eigenvalue weighted by atomic mass is 10.1. The Morgan fingerprint density at radius 2 is 1.91 bits per heavy atom. The molecule has 4 N–H and O–H groups in total. The van der Waals surface area contributed by atoms with E-state index in [-0.39, 0.29) is 11.8 Å². The number of nitrogens with two attached hydrogens (primary N) is 1. The summed E-state index contributed by atoms with van der Waals surface area (Å²) in [7, 11) is 0. The second-order valence-corrected chi connectivity index (χ2v) is 2.48. The fraction of sp³-hybridized carbons (Fsp3) is 0.250. The first-order valence-corrected chi connectivity index (χ1v) is 3.49. The third-order valence-corrected chi connectivity index (χ3v) is 1.64. The van der Waals surface area contributed by atoms with Crippen molar-refractivity contribution in [3.63, 3.8) is 0 Å². The Kier molecular flexibility index (Phi) is 2.46. The summed E-state index contributed by atoms with van der Waals surface area (Å²) < 4.78 is 0. The van der Waals surface area contributed by atoms with Crippen LogP contribution in [-0.4, -0.2) is 5.11 Å². The molecule has 0 aliphatic rings. The highest BCUT2D eigenvalue weighted by atomic mass is 16.3. The molecule has 0 aliphatic carbocycles. The predicted octanol–water partition coefficient (Wildman–Crippen LogP) is 0.917. The first kappa shape index (κ1) is 8.04. The van der Waals surface area contributed by atoms with Gasteiger partial charge in [-0.25, -0.2) is 0 Å². The Morgan fingerprint density at radius 3 is 2.36 bits per heavy atom. The lowest BCUT2D eigenvalue weighted by Gasteiger charge is -2.09. The van der Waals surface area contributed by atoms with Crippen LogP contribution in [0.15, 0.2) is 24.3 Å². The molecule has 0 spiro atoms. The highest BCUT2D eigenvalue weighted by Gasteiger charge is 2.00. The maximum Gasteiger partial charge on any atom is 0.115 e. The Morgan fingerprint density at radius 1 is 1.36 bits per heavy atom. The summed E-state index contributed by atoms with van der Waals surface area (Å²) in [5.41, 5.74) is 3.68. The molecule has 0 radical (unpaired) electrons. The number of nitrogens with one attached hydrogen (secondary N) is 1. The summed E-state index contributed by atoms with van der Waals surface area (Å²) >= 11 is 0. The van der Waals surface area contributed by atoms with Crippen LogP contribution < -0.4 is 11.3 Å². The smallest absolute Gasteiger partial charge is 0.115 e. The average Bonchev–Trinajstić information content (AvgIpc) is 2.05. The van der Waals surface area contributed by atoms with Crippen molar-refractivity contribution in [1.82, 2.24) is 5.43 Å². The van der Waals surface area contributed by atoms with Crippen LogP contribution in [0.25, 0.3) is 0 Å². The van der Waals surface area contributed by atoms with Gasteiger partial charge in [0.2, 0.25) is 0 Å². The molecule has 3 heteroatoms. The Hall–Kier alpha value is -1.06. The molecule has 1 aromatic carbocycles. The summed E-state index contributed by atoms with van der Waals surface area (Å²) in [4.78, 5) is 0. The van der Waals surface area contributed by atoms with Crippen molar-refractivity contribution >= 4 is 0 Å². The van der Waals surface area contributed by atoms with E-state index in [2.05, 4.69) is 5.43 Å². The van der Waals surface area contributed by atoms with Gasteiger partial charge in [-0.15, -0.1) is 0 Å². The van der Waals surface area contributed by atoms with Gasteiger partial charge in [-0.3, -0.25) is 11.3 Å². The maximum atomic E-state index is 8.96. The molecule has 0 amide bonds. The van der Waals surface area contributed by atoms with Crippen LogP contribution in [0.5, 0.6) is 5.75 Å². The minimum Gasteiger partial charge on any atom is -0.508 e. The van der Waals surface area contributed by atoms with E-state index in [1.54, 1.807) is 12.1 Å². The maximum absolute atomic E-state index is 8.96. The molecule has 0 aliphatic heterocycles. The quantitative estimate of drug-likeness (QED) is 0.436. The number of benzene rings is 1. The Bertz CT molecular complexity index is 220. The first-order chi connectivity index (χ1) is 5.24. The average molecular weight is 152 g/mol. The van der Waals surface area contributed by atoms with Gasteiger partial charge < -0.3 is 5.11 Å². The van der Waals surface area contributed by atoms with Crippen LogP contribution in [0, 0.1) is 0 Å². The van der Waals surface area contributed by atoms with Crippen molar-refractivity contribution in [1.29, 1.82) is 0 Å². The standard InChI is InChI=1S/C8H12N2O/c1-6(10-9)7-2-4-8(11)5-3-7/h2-6,10-11H,9H2,1H3/t6-/m1/s1. The molecule has 1 rings (SSSR count). The van der Waals surface area contributed by atoms with Gasteiger partial charge in [0.25, 0.3) is 0 Å². The van der Waals surface area contributed by atoms with Crippen molar-refractivity contribution in [3.8, 4) is 5.75 Å². The number of rotatable bonds is 2. The summed E-state index contributed by atoms with van der Waals surface area (Å²) in [5, 5.41) is 8.96. The van der Waals surface area contributed by atoms with E-state index in [1.165, 1.54) is 0 Å². The molecule has 0 bridgehead atoms. The topological polar surface area (TPSA) is 58.3 Å². The number of hydrogen-bond acceptors (Lipinski definition) is 3. The molecule has 1 atom stereocenters. The van der Waals surface area contributed by atoms with Gasteiger partial charge in [0.15, 0.2) is 0 Å². The molecular weight excluding hydrogens is 140 g/mol. The van der Waals surface area contributed by atoms with E-state index in [1.807, 2.05) is 19.1 Å². The number of aromatic hydroxyl groups is 1. The SMILES string of the molecule is C[C@@H](NN)c1ccc(O)cc1. The zero-order valence-electron chi connectivity index (χ0n) is 6.41. The fourth-order valence-electron chi connectivity index (χ4n) is 0.859. The molecule has 0 heterocycles. The highest BCUT2D eigenvalue weighted by Crippen LogP contribution is 2.14. The Balaban J connectivity index is 2.81. The summed E-state index contributed by atoms with van der Waals surface area (Å²) in [5.74, 6) is 5.51. The zero-order chi connectivity index (χ0) is 8.27. The van der Waals surface area contributed by atoms with Gasteiger partial charge in [0, 0.05) is 6.04 Å². The van der Waals surface area contributed by atoms with Crippen LogP contribution in [0.3, 0.4) is 0 Å². The van der Waals surface area contributed by atoms with Gasteiger partial charge in [-0.05, 0) is 24.6 Å². The van der Waals surface area contributed by atoms with Crippen LogP contribution in [0.2, 0.25) is 0 Å². The third-order valence-electron chi connectivity index (χ3n) is 1.64. The van der Waals surface area contributed by atoms with Crippen molar-refractivity contribution < 1.29 is 5.11 Å². The summed E-state index contributed by atoms with van der Waals surface area (Å²) in [6.45, 7) is 1.95. The summed E-state index contributed by atoms with van der Waals surface area (Å²) in [6.07, 6.45) is 0. The van der Waals surface area contributed by atoms with Crippen LogP contribution in [-0.2, 0) is 0 Å². The first-order valence-electron chi connectivity index (χ1n) is 3.49. The van der Waals surface area contributed by atoms with Gasteiger partial charge in [0.1, 0.15) is 5.75 Å². The monoisotopic (exact) mass is 152 g/mol. The van der Waals surface area contributed by atoms with E-state index in [0.29, 0.717) is 0 Å². The number of hydrogen-bond donors (Lipinski definition) is 3. The molecular formula is C8H12N2O. The molecule has 0 unspecified atom stereocenters. The molecule has 11 heavy (non-hydrogen) atoms. The van der Waals surface area contributed by atoms with Crippen molar-refractivity contribution in [2.75, 3.05) is 0 Å². The minimum absolute atomic E-state index is 0.121. The third kappa shape index (κ3) is 1.93. The molecule has 3 nitrogen and oxygen atoms in total. The normalized spacial score (nSPS) is 12.9. The van der Waals surface area contributed by atoms with Gasteiger partial charge in [0.05, 0.1) is 0 Å². The lowest BCUT2D eigenvalue weighted by molar-refractivity contribution is 0.474. The van der Waals surface area contributed by atoms with Crippen LogP contribution >= 0.6 is 0 Å². The minimum atomic E-state index is 0.121. The van der Waals surface area contributed by atoms with E-state index in [0.717, 1.165) is 5.56 Å². The van der Waals surface area contributed by atoms with Crippen molar-refractivity contribution in [2.24, 2.45) is 5.84 Å². The molecule has 0 saturated heterocycles. The van der Waals surface area contributed by atoms with Crippen LogP contribution in [0.4, 0.5) is 0 Å². The molecule has 60 valence electrons. The van der Waals surface area contributed by atoms with Gasteiger partial charge in [-0.2, -0.15) is 0 Å². The predicted molar refractivity (Wildman–Crippen MR) is 43.8 cm³/mol. The fourth-order valence-corrected chi connectivity index (χ4v) is 0.859. The molecule has 0 aromatic heterocycles. The Labute approximate surface area is 65.8 Å². The van der Waals surface area contributed by atoms with E-state index >= 15 is 0 Å². The number of phenols is 1. The second kappa shape index (κ2) is 3.37. The van der Waals surface area contributed by atoms with E-state index < -0.39 is 0 Å². The van der Waals surface area contributed by atoms with Crippen molar-refractivity contribution in [2.45, 2.75) is 13.0 Å². The second-order valence-electron chi connectivity index (χ2n) is 2.48. The zero-order valence-corrected chi connectivity index (χ0v) is 6.41. The number of phenolic OH excluding ortho intramolecular Hbond substituents is 1. The molecule has 0 saturated carbocycles. The van der Waals surface area contributed by atoms with E-state index in [4.69, 9.17) is 10.9 Å². The summed E-state index contributed by atoms with van der Waals surface area (Å²) in [6, 6.07) is 7.07. The molecule has 1 aromatic rings. The highest BCUT2D eigenvalue weighted by molar-refractivity contribution is 5.27.